The molecule has 0 aromatic heterocycles. The van der Waals surface area contributed by atoms with Crippen LogP contribution in [-0.2, 0) is 0 Å². The van der Waals surface area contributed by atoms with E-state index in [1.54, 1.807) is 7.11 Å². The second-order valence-corrected chi connectivity index (χ2v) is 5.01. The van der Waals surface area contributed by atoms with Crippen molar-refractivity contribution in [2.45, 2.75) is 4.90 Å². The molecular weight excluding hydrogens is 331 g/mol. The highest BCUT2D eigenvalue weighted by Gasteiger charge is 2.07. The van der Waals surface area contributed by atoms with Gasteiger partial charge in [0.05, 0.1) is 7.11 Å². The summed E-state index contributed by atoms with van der Waals surface area (Å²) >= 11 is 6.80. The van der Waals surface area contributed by atoms with Crippen molar-refractivity contribution >= 4 is 35.2 Å². The molecule has 0 N–H and O–H groups in total. The molecule has 0 bridgehead atoms. The fraction of sp³-hybridized carbons (Fsp3) is 0.0769. The maximum atomic E-state index is 5.24. The monoisotopic (exact) mass is 342 g/mol. The lowest BCUT2D eigenvalue weighted by atomic mass is 10.1. The summed E-state index contributed by atoms with van der Waals surface area (Å²) in [7, 11) is 1.68. The summed E-state index contributed by atoms with van der Waals surface area (Å²) in [6.07, 6.45) is 0. The Bertz CT molecular complexity index is 511. The first kappa shape index (κ1) is 11.8. The summed E-state index contributed by atoms with van der Waals surface area (Å²) in [5.74, 6) is 0.868. The van der Waals surface area contributed by atoms with Crippen LogP contribution in [0, 0.1) is 3.57 Å². The van der Waals surface area contributed by atoms with Crippen molar-refractivity contribution in [3.63, 3.8) is 0 Å². The normalized spacial score (nSPS) is 10.2. The van der Waals surface area contributed by atoms with Crippen LogP contribution in [0.2, 0.25) is 0 Å². The van der Waals surface area contributed by atoms with Gasteiger partial charge in [-0.05, 0) is 58.0 Å². The molecule has 2 aromatic rings. The van der Waals surface area contributed by atoms with E-state index in [1.165, 1.54) is 3.57 Å². The molecule has 16 heavy (non-hydrogen) atoms. The summed E-state index contributed by atoms with van der Waals surface area (Å²) in [5.41, 5.74) is 2.29. The molecule has 0 fully saturated rings. The van der Waals surface area contributed by atoms with Crippen molar-refractivity contribution in [3.8, 4) is 16.9 Å². The van der Waals surface area contributed by atoms with Crippen molar-refractivity contribution in [3.05, 3.63) is 46.0 Å². The Morgan fingerprint density at radius 2 is 1.81 bits per heavy atom. The van der Waals surface area contributed by atoms with E-state index in [0.29, 0.717) is 0 Å². The molecule has 0 spiro atoms. The summed E-state index contributed by atoms with van der Waals surface area (Å²) in [6, 6.07) is 14.1. The predicted molar refractivity (Wildman–Crippen MR) is 78.4 cm³/mol. The van der Waals surface area contributed by atoms with E-state index in [9.17, 15) is 0 Å². The van der Waals surface area contributed by atoms with Crippen LogP contribution in [0.25, 0.3) is 11.1 Å². The summed E-state index contributed by atoms with van der Waals surface area (Å²) in [5, 5.41) is 0. The lowest BCUT2D eigenvalue weighted by Crippen LogP contribution is -1.88. The van der Waals surface area contributed by atoms with Crippen molar-refractivity contribution in [1.82, 2.24) is 0 Å². The molecule has 3 heteroatoms. The lowest BCUT2D eigenvalue weighted by molar-refractivity contribution is 0.415. The van der Waals surface area contributed by atoms with Gasteiger partial charge >= 0.3 is 0 Å². The Kier molecular flexibility index (Phi) is 3.76. The predicted octanol–water partition coefficient (Wildman–Crippen LogP) is 4.26. The first-order valence-corrected chi connectivity index (χ1v) is 6.37. The Hall–Kier alpha value is -0.680. The second-order valence-electron chi connectivity index (χ2n) is 3.36. The number of rotatable bonds is 2. The van der Waals surface area contributed by atoms with Gasteiger partial charge in [0.1, 0.15) is 5.75 Å². The summed E-state index contributed by atoms with van der Waals surface area (Å²) in [6.45, 7) is 0. The molecule has 2 rings (SSSR count). The van der Waals surface area contributed by atoms with Gasteiger partial charge in [-0.2, -0.15) is 0 Å². The maximum absolute atomic E-state index is 5.24. The minimum Gasteiger partial charge on any atom is -0.497 e. The van der Waals surface area contributed by atoms with Crippen LogP contribution in [0.5, 0.6) is 5.75 Å². The Morgan fingerprint density at radius 1 is 1.06 bits per heavy atom. The fourth-order valence-electron chi connectivity index (χ4n) is 1.54. The molecule has 0 unspecified atom stereocenters. The molecule has 0 aliphatic rings. The van der Waals surface area contributed by atoms with Gasteiger partial charge in [0.2, 0.25) is 0 Å². The van der Waals surface area contributed by atoms with Gasteiger partial charge in [-0.15, -0.1) is 12.6 Å². The highest BCUT2D eigenvalue weighted by molar-refractivity contribution is 14.1. The van der Waals surface area contributed by atoms with Gasteiger partial charge in [-0.3, -0.25) is 0 Å². The van der Waals surface area contributed by atoms with E-state index in [-0.39, 0.29) is 0 Å². The van der Waals surface area contributed by atoms with E-state index < -0.39 is 0 Å². The number of halogens is 1. The van der Waals surface area contributed by atoms with E-state index in [1.807, 2.05) is 30.3 Å². The summed E-state index contributed by atoms with van der Waals surface area (Å²) < 4.78 is 6.44. The van der Waals surface area contributed by atoms with Gasteiger partial charge in [-0.25, -0.2) is 0 Å². The molecule has 0 amide bonds. The van der Waals surface area contributed by atoms with Gasteiger partial charge in [-0.1, -0.05) is 18.2 Å². The van der Waals surface area contributed by atoms with Gasteiger partial charge in [0.25, 0.3) is 0 Å². The zero-order chi connectivity index (χ0) is 11.5. The first-order valence-electron chi connectivity index (χ1n) is 4.84. The number of ether oxygens (including phenoxy) is 1. The Labute approximate surface area is 114 Å². The number of benzene rings is 2. The van der Waals surface area contributed by atoms with Crippen LogP contribution in [0.3, 0.4) is 0 Å². The number of methoxy groups -OCH3 is 1. The Balaban J connectivity index is 2.59. The standard InChI is InChI=1S/C13H11IOS/c1-15-9-6-7-12(14)11(8-9)10-4-2-3-5-13(10)16/h2-8,16H,1H3. The maximum Gasteiger partial charge on any atom is 0.119 e. The number of hydrogen-bond donors (Lipinski definition) is 1. The molecule has 0 atom stereocenters. The second kappa shape index (κ2) is 5.10. The topological polar surface area (TPSA) is 9.23 Å². The molecular formula is C13H11IOS. The third kappa shape index (κ3) is 2.35. The van der Waals surface area contributed by atoms with E-state index in [2.05, 4.69) is 47.4 Å². The zero-order valence-electron chi connectivity index (χ0n) is 8.77. The molecule has 1 nitrogen and oxygen atoms in total. The average molecular weight is 342 g/mol. The molecule has 0 saturated heterocycles. The van der Waals surface area contributed by atoms with E-state index in [4.69, 9.17) is 4.74 Å². The molecule has 0 saturated carbocycles. The minimum absolute atomic E-state index is 0.868. The van der Waals surface area contributed by atoms with Gasteiger partial charge < -0.3 is 4.74 Å². The molecule has 0 aliphatic carbocycles. The smallest absolute Gasteiger partial charge is 0.119 e. The third-order valence-corrected chi connectivity index (χ3v) is 3.70. The largest absolute Gasteiger partial charge is 0.497 e. The van der Waals surface area contributed by atoms with Gasteiger partial charge in [0, 0.05) is 8.47 Å². The van der Waals surface area contributed by atoms with Crippen LogP contribution in [0.15, 0.2) is 47.4 Å². The van der Waals surface area contributed by atoms with E-state index >= 15 is 0 Å². The third-order valence-electron chi connectivity index (χ3n) is 2.37. The van der Waals surface area contributed by atoms with Crippen LogP contribution in [0.1, 0.15) is 0 Å². The molecule has 82 valence electrons. The highest BCUT2D eigenvalue weighted by Crippen LogP contribution is 2.32. The average Bonchev–Trinajstić information content (AvgIpc) is 2.31. The highest BCUT2D eigenvalue weighted by atomic mass is 127. The molecule has 2 aromatic carbocycles. The first-order chi connectivity index (χ1) is 7.72. The zero-order valence-corrected chi connectivity index (χ0v) is 11.8. The quantitative estimate of drug-likeness (QED) is 0.634. The van der Waals surface area contributed by atoms with E-state index in [0.717, 1.165) is 21.8 Å². The molecule has 0 radical (unpaired) electrons. The Morgan fingerprint density at radius 3 is 2.50 bits per heavy atom. The van der Waals surface area contributed by atoms with Crippen molar-refractivity contribution in [1.29, 1.82) is 0 Å². The van der Waals surface area contributed by atoms with Gasteiger partial charge in [0.15, 0.2) is 0 Å². The fourth-order valence-corrected chi connectivity index (χ4v) is 2.45. The van der Waals surface area contributed by atoms with Crippen LogP contribution in [-0.4, -0.2) is 7.11 Å². The minimum atomic E-state index is 0.868. The lowest BCUT2D eigenvalue weighted by Gasteiger charge is -2.09. The molecule has 0 heterocycles. The van der Waals surface area contributed by atoms with Crippen LogP contribution < -0.4 is 4.74 Å². The van der Waals surface area contributed by atoms with Crippen LogP contribution in [0.4, 0.5) is 0 Å². The number of hydrogen-bond acceptors (Lipinski definition) is 2. The van der Waals surface area contributed by atoms with Crippen molar-refractivity contribution < 1.29 is 4.74 Å². The molecule has 0 aliphatic heterocycles. The van der Waals surface area contributed by atoms with Crippen molar-refractivity contribution in [2.75, 3.05) is 7.11 Å². The summed E-state index contributed by atoms with van der Waals surface area (Å²) in [4.78, 5) is 0.980. The van der Waals surface area contributed by atoms with Crippen molar-refractivity contribution in [2.24, 2.45) is 0 Å². The van der Waals surface area contributed by atoms with Crippen LogP contribution >= 0.6 is 35.2 Å². The number of thiol groups is 1. The SMILES string of the molecule is COc1ccc(I)c(-c2ccccc2S)c1.